The van der Waals surface area contributed by atoms with Crippen LogP contribution in [0.15, 0.2) is 30.3 Å². The van der Waals surface area contributed by atoms with Crippen LogP contribution in [0.25, 0.3) is 0 Å². The fraction of sp³-hybridized carbons (Fsp3) is 0.312. The summed E-state index contributed by atoms with van der Waals surface area (Å²) in [6.45, 7) is 2.63. The van der Waals surface area contributed by atoms with E-state index in [9.17, 15) is 0 Å². The van der Waals surface area contributed by atoms with E-state index in [0.717, 1.165) is 5.56 Å². The van der Waals surface area contributed by atoms with Crippen molar-refractivity contribution in [1.29, 1.82) is 0 Å². The molecule has 2 N–H and O–H groups in total. The van der Waals surface area contributed by atoms with E-state index in [0.29, 0.717) is 40.7 Å². The lowest BCUT2D eigenvalue weighted by molar-refractivity contribution is 0.286. The summed E-state index contributed by atoms with van der Waals surface area (Å²) in [7, 11) is 0. The van der Waals surface area contributed by atoms with Gasteiger partial charge in [0.2, 0.25) is 11.8 Å². The first kappa shape index (κ1) is 14.0. The quantitative estimate of drug-likeness (QED) is 0.899. The molecule has 0 spiro atoms. The minimum atomic E-state index is 0.419. The molecule has 1 aromatic carbocycles. The number of nitrogen functional groups attached to an aromatic ring is 1. The van der Waals surface area contributed by atoms with Crippen molar-refractivity contribution in [2.24, 2.45) is 5.92 Å². The predicted octanol–water partition coefficient (Wildman–Crippen LogP) is 4.21. The number of hydrogen-bond acceptors (Lipinski definition) is 4. The molecule has 110 valence electrons. The van der Waals surface area contributed by atoms with Crippen LogP contribution in [0.4, 0.5) is 5.69 Å². The van der Waals surface area contributed by atoms with Crippen LogP contribution in [0.3, 0.4) is 0 Å². The number of rotatable bonds is 5. The van der Waals surface area contributed by atoms with Gasteiger partial charge in [0.05, 0.1) is 17.3 Å². The van der Waals surface area contributed by atoms with Crippen LogP contribution in [-0.4, -0.2) is 11.6 Å². The monoisotopic (exact) mass is 304 g/mol. The van der Waals surface area contributed by atoms with Crippen molar-refractivity contribution < 1.29 is 9.47 Å². The van der Waals surface area contributed by atoms with Gasteiger partial charge < -0.3 is 15.2 Å². The molecule has 21 heavy (non-hydrogen) atoms. The van der Waals surface area contributed by atoms with Crippen LogP contribution in [0.5, 0.6) is 17.5 Å². The Morgan fingerprint density at radius 1 is 1.29 bits per heavy atom. The molecular weight excluding hydrogens is 288 g/mol. The second-order valence-corrected chi connectivity index (χ2v) is 5.74. The van der Waals surface area contributed by atoms with Gasteiger partial charge in [0.1, 0.15) is 5.75 Å². The number of anilines is 1. The summed E-state index contributed by atoms with van der Waals surface area (Å²) in [5.74, 6) is 2.05. The molecule has 0 saturated heterocycles. The molecule has 1 fully saturated rings. The van der Waals surface area contributed by atoms with E-state index in [-0.39, 0.29) is 0 Å². The molecule has 5 heteroatoms. The van der Waals surface area contributed by atoms with Gasteiger partial charge >= 0.3 is 0 Å². The van der Waals surface area contributed by atoms with Gasteiger partial charge in [-0.3, -0.25) is 0 Å². The van der Waals surface area contributed by atoms with Crippen molar-refractivity contribution in [2.45, 2.75) is 19.8 Å². The SMILES string of the molecule is Cc1ccc(Cl)c(Oc2ccc(N)c(OCC3CC3)n2)c1. The zero-order valence-corrected chi connectivity index (χ0v) is 12.6. The molecule has 4 nitrogen and oxygen atoms in total. The highest BCUT2D eigenvalue weighted by Crippen LogP contribution is 2.33. The third kappa shape index (κ3) is 3.58. The van der Waals surface area contributed by atoms with Gasteiger partial charge in [-0.05, 0) is 49.4 Å². The molecule has 3 rings (SSSR count). The Morgan fingerprint density at radius 3 is 2.86 bits per heavy atom. The molecule has 1 aliphatic carbocycles. The first-order valence-corrected chi connectivity index (χ1v) is 7.33. The lowest BCUT2D eigenvalue weighted by Gasteiger charge is -2.11. The Labute approximate surface area is 128 Å². The molecule has 1 aliphatic rings. The van der Waals surface area contributed by atoms with Gasteiger partial charge in [0, 0.05) is 6.07 Å². The molecule has 0 bridgehead atoms. The molecule has 0 unspecified atom stereocenters. The maximum atomic E-state index is 6.12. The van der Waals surface area contributed by atoms with Gasteiger partial charge in [-0.1, -0.05) is 17.7 Å². The number of hydrogen-bond donors (Lipinski definition) is 1. The van der Waals surface area contributed by atoms with Gasteiger partial charge in [-0.2, -0.15) is 4.98 Å². The maximum Gasteiger partial charge on any atom is 0.240 e. The Hall–Kier alpha value is -1.94. The lowest BCUT2D eigenvalue weighted by atomic mass is 10.2. The zero-order chi connectivity index (χ0) is 14.8. The van der Waals surface area contributed by atoms with E-state index >= 15 is 0 Å². The molecule has 0 atom stereocenters. The minimum absolute atomic E-state index is 0.419. The second kappa shape index (κ2) is 5.82. The topological polar surface area (TPSA) is 57.4 Å². The van der Waals surface area contributed by atoms with Crippen molar-refractivity contribution in [3.8, 4) is 17.5 Å². The average Bonchev–Trinajstić information content (AvgIpc) is 3.27. The number of halogens is 1. The van der Waals surface area contributed by atoms with E-state index < -0.39 is 0 Å². The molecule has 1 aromatic heterocycles. The Morgan fingerprint density at radius 2 is 2.10 bits per heavy atom. The van der Waals surface area contributed by atoms with E-state index in [2.05, 4.69) is 4.98 Å². The number of pyridine rings is 1. The average molecular weight is 305 g/mol. The number of nitrogens with zero attached hydrogens (tertiary/aromatic N) is 1. The van der Waals surface area contributed by atoms with Crippen molar-refractivity contribution >= 4 is 17.3 Å². The third-order valence-electron chi connectivity index (χ3n) is 3.32. The number of ether oxygens (including phenoxy) is 2. The van der Waals surface area contributed by atoms with Crippen LogP contribution < -0.4 is 15.2 Å². The number of nitrogens with two attached hydrogens (primary N) is 1. The highest BCUT2D eigenvalue weighted by Gasteiger charge is 2.22. The summed E-state index contributed by atoms with van der Waals surface area (Å²) in [5, 5.41) is 0.541. The Kier molecular flexibility index (Phi) is 3.88. The normalized spacial score (nSPS) is 14.0. The summed E-state index contributed by atoms with van der Waals surface area (Å²) < 4.78 is 11.4. The van der Waals surface area contributed by atoms with Crippen molar-refractivity contribution in [2.75, 3.05) is 12.3 Å². The summed E-state index contributed by atoms with van der Waals surface area (Å²) in [6.07, 6.45) is 2.43. The predicted molar refractivity (Wildman–Crippen MR) is 83.1 cm³/mol. The molecule has 0 aliphatic heterocycles. The fourth-order valence-corrected chi connectivity index (χ4v) is 2.05. The summed E-state index contributed by atoms with van der Waals surface area (Å²) >= 11 is 6.12. The molecular formula is C16H17ClN2O2. The summed E-state index contributed by atoms with van der Waals surface area (Å²) in [4.78, 5) is 4.31. The molecule has 0 radical (unpaired) electrons. The first-order valence-electron chi connectivity index (χ1n) is 6.95. The summed E-state index contributed by atoms with van der Waals surface area (Å²) in [6, 6.07) is 9.03. The Bertz CT molecular complexity index is 657. The lowest BCUT2D eigenvalue weighted by Crippen LogP contribution is -2.04. The van der Waals surface area contributed by atoms with Gasteiger partial charge in [0.25, 0.3) is 0 Å². The van der Waals surface area contributed by atoms with Crippen LogP contribution >= 0.6 is 11.6 Å². The fourth-order valence-electron chi connectivity index (χ4n) is 1.89. The standard InChI is InChI=1S/C16H17ClN2O2/c1-10-2-5-12(17)14(8-10)21-15-7-6-13(18)16(19-15)20-9-11-3-4-11/h2,5-8,11H,3-4,9,18H2,1H3. The largest absolute Gasteiger partial charge is 0.476 e. The first-order chi connectivity index (χ1) is 10.1. The number of aryl methyl sites for hydroxylation is 1. The highest BCUT2D eigenvalue weighted by molar-refractivity contribution is 6.32. The van der Waals surface area contributed by atoms with E-state index in [4.69, 9.17) is 26.8 Å². The second-order valence-electron chi connectivity index (χ2n) is 5.33. The zero-order valence-electron chi connectivity index (χ0n) is 11.8. The molecule has 2 aromatic rings. The van der Waals surface area contributed by atoms with Crippen molar-refractivity contribution in [3.63, 3.8) is 0 Å². The van der Waals surface area contributed by atoms with E-state index in [1.54, 1.807) is 18.2 Å². The van der Waals surface area contributed by atoms with Crippen LogP contribution in [0, 0.1) is 12.8 Å². The van der Waals surface area contributed by atoms with Crippen LogP contribution in [0.1, 0.15) is 18.4 Å². The van der Waals surface area contributed by atoms with Crippen molar-refractivity contribution in [1.82, 2.24) is 4.98 Å². The number of aromatic nitrogens is 1. The van der Waals surface area contributed by atoms with Gasteiger partial charge in [-0.25, -0.2) is 0 Å². The Balaban J connectivity index is 1.78. The molecule has 1 heterocycles. The van der Waals surface area contributed by atoms with Crippen molar-refractivity contribution in [3.05, 3.63) is 40.9 Å². The van der Waals surface area contributed by atoms with Gasteiger partial charge in [0.15, 0.2) is 0 Å². The number of benzene rings is 1. The highest BCUT2D eigenvalue weighted by atomic mass is 35.5. The minimum Gasteiger partial charge on any atom is -0.476 e. The molecule has 0 amide bonds. The van der Waals surface area contributed by atoms with Gasteiger partial charge in [-0.15, -0.1) is 0 Å². The maximum absolute atomic E-state index is 6.12. The van der Waals surface area contributed by atoms with E-state index in [1.807, 2.05) is 19.1 Å². The summed E-state index contributed by atoms with van der Waals surface area (Å²) in [5.41, 5.74) is 7.45. The van der Waals surface area contributed by atoms with E-state index in [1.165, 1.54) is 12.8 Å². The van der Waals surface area contributed by atoms with Crippen LogP contribution in [-0.2, 0) is 0 Å². The molecule has 1 saturated carbocycles. The smallest absolute Gasteiger partial charge is 0.240 e. The van der Waals surface area contributed by atoms with Crippen LogP contribution in [0.2, 0.25) is 5.02 Å². The third-order valence-corrected chi connectivity index (χ3v) is 3.63.